The van der Waals surface area contributed by atoms with E-state index in [0.717, 1.165) is 19.6 Å². The highest BCUT2D eigenvalue weighted by atomic mass is 32.2. The minimum absolute atomic E-state index is 0.228. The van der Waals surface area contributed by atoms with Crippen LogP contribution in [0.2, 0.25) is 0 Å². The Morgan fingerprint density at radius 3 is 2.71 bits per heavy atom. The number of aromatic nitrogens is 1. The molecule has 0 saturated heterocycles. The van der Waals surface area contributed by atoms with Crippen molar-refractivity contribution in [2.75, 3.05) is 18.1 Å². The van der Waals surface area contributed by atoms with Crippen molar-refractivity contribution in [3.63, 3.8) is 0 Å². The molecule has 0 atom stereocenters. The highest BCUT2D eigenvalue weighted by Gasteiger charge is 2.08. The maximum absolute atomic E-state index is 11.5. The van der Waals surface area contributed by atoms with Gasteiger partial charge in [0, 0.05) is 30.6 Å². The lowest BCUT2D eigenvalue weighted by atomic mass is 10.1. The SMILES string of the molecule is CCNCc1ccc2ccn(CCCS(=O)(=O)CC)c2c1. The predicted molar refractivity (Wildman–Crippen MR) is 88.3 cm³/mol. The van der Waals surface area contributed by atoms with E-state index in [0.29, 0.717) is 6.42 Å². The van der Waals surface area contributed by atoms with Gasteiger partial charge in [0.05, 0.1) is 5.75 Å². The molecule has 0 saturated carbocycles. The van der Waals surface area contributed by atoms with E-state index in [4.69, 9.17) is 0 Å². The predicted octanol–water partition coefficient (Wildman–Crippen LogP) is 2.58. The number of hydrogen-bond acceptors (Lipinski definition) is 3. The molecule has 0 amide bonds. The summed E-state index contributed by atoms with van der Waals surface area (Å²) >= 11 is 0. The number of benzene rings is 1. The minimum atomic E-state index is -2.87. The highest BCUT2D eigenvalue weighted by molar-refractivity contribution is 7.91. The molecular formula is C16H24N2O2S. The molecule has 21 heavy (non-hydrogen) atoms. The molecule has 0 aliphatic rings. The van der Waals surface area contributed by atoms with Crippen LogP contribution in [0, 0.1) is 0 Å². The zero-order valence-corrected chi connectivity index (χ0v) is 13.6. The van der Waals surface area contributed by atoms with Crippen LogP contribution in [0.25, 0.3) is 10.9 Å². The number of hydrogen-bond donors (Lipinski definition) is 1. The number of fused-ring (bicyclic) bond motifs is 1. The Morgan fingerprint density at radius 2 is 2.00 bits per heavy atom. The molecule has 0 spiro atoms. The van der Waals surface area contributed by atoms with Gasteiger partial charge in [0.2, 0.25) is 0 Å². The second-order valence-corrected chi connectivity index (χ2v) is 7.75. The van der Waals surface area contributed by atoms with Crippen molar-refractivity contribution >= 4 is 20.7 Å². The van der Waals surface area contributed by atoms with Crippen molar-refractivity contribution in [3.05, 3.63) is 36.0 Å². The van der Waals surface area contributed by atoms with Crippen LogP contribution >= 0.6 is 0 Å². The summed E-state index contributed by atoms with van der Waals surface area (Å²) in [4.78, 5) is 0. The van der Waals surface area contributed by atoms with Gasteiger partial charge in [-0.05, 0) is 36.0 Å². The third-order valence-corrected chi connectivity index (χ3v) is 5.50. The third-order valence-electron chi connectivity index (χ3n) is 3.71. The van der Waals surface area contributed by atoms with Crippen LogP contribution in [0.15, 0.2) is 30.5 Å². The van der Waals surface area contributed by atoms with Crippen LogP contribution in [0.4, 0.5) is 0 Å². The molecule has 0 aliphatic carbocycles. The molecule has 1 aromatic carbocycles. The second-order valence-electron chi connectivity index (χ2n) is 5.27. The largest absolute Gasteiger partial charge is 0.347 e. The zero-order valence-electron chi connectivity index (χ0n) is 12.8. The smallest absolute Gasteiger partial charge is 0.150 e. The molecule has 0 fully saturated rings. The summed E-state index contributed by atoms with van der Waals surface area (Å²) in [6.45, 7) is 6.35. The molecule has 1 heterocycles. The fourth-order valence-electron chi connectivity index (χ4n) is 2.40. The first-order chi connectivity index (χ1) is 10.1. The number of rotatable bonds is 8. The van der Waals surface area contributed by atoms with Gasteiger partial charge >= 0.3 is 0 Å². The Balaban J connectivity index is 2.09. The average Bonchev–Trinajstić information content (AvgIpc) is 2.87. The molecule has 0 radical (unpaired) electrons. The summed E-state index contributed by atoms with van der Waals surface area (Å²) in [6, 6.07) is 8.53. The van der Waals surface area contributed by atoms with Gasteiger partial charge in [-0.15, -0.1) is 0 Å². The Labute approximate surface area is 127 Å². The van der Waals surface area contributed by atoms with Gasteiger partial charge in [-0.3, -0.25) is 0 Å². The topological polar surface area (TPSA) is 51.1 Å². The molecule has 1 aromatic heterocycles. The van der Waals surface area contributed by atoms with Crippen LogP contribution in [0.1, 0.15) is 25.8 Å². The van der Waals surface area contributed by atoms with Gasteiger partial charge in [-0.25, -0.2) is 8.42 Å². The maximum Gasteiger partial charge on any atom is 0.150 e. The van der Waals surface area contributed by atoms with Crippen molar-refractivity contribution in [2.24, 2.45) is 0 Å². The van der Waals surface area contributed by atoms with Crippen LogP contribution in [0.5, 0.6) is 0 Å². The first kappa shape index (κ1) is 16.0. The number of aryl methyl sites for hydroxylation is 1. The molecule has 4 nitrogen and oxygen atoms in total. The summed E-state index contributed by atoms with van der Waals surface area (Å²) in [5, 5.41) is 4.53. The molecular weight excluding hydrogens is 284 g/mol. The molecule has 0 unspecified atom stereocenters. The van der Waals surface area contributed by atoms with Crippen LogP contribution < -0.4 is 5.32 Å². The van der Waals surface area contributed by atoms with E-state index < -0.39 is 9.84 Å². The summed E-state index contributed by atoms with van der Waals surface area (Å²) < 4.78 is 25.2. The molecule has 0 aliphatic heterocycles. The van der Waals surface area contributed by atoms with Crippen LogP contribution in [-0.4, -0.2) is 31.0 Å². The first-order valence-corrected chi connectivity index (χ1v) is 9.37. The monoisotopic (exact) mass is 308 g/mol. The number of nitrogens with one attached hydrogen (secondary N) is 1. The van der Waals surface area contributed by atoms with Gasteiger partial charge < -0.3 is 9.88 Å². The summed E-state index contributed by atoms with van der Waals surface area (Å²) in [6.07, 6.45) is 2.71. The lowest BCUT2D eigenvalue weighted by Crippen LogP contribution is -2.12. The molecule has 5 heteroatoms. The van der Waals surface area contributed by atoms with Crippen molar-refractivity contribution in [1.29, 1.82) is 0 Å². The van der Waals surface area contributed by atoms with Crippen molar-refractivity contribution < 1.29 is 8.42 Å². The van der Waals surface area contributed by atoms with Gasteiger partial charge in [-0.1, -0.05) is 26.0 Å². The molecule has 2 rings (SSSR count). The second kappa shape index (κ2) is 7.09. The standard InChI is InChI=1S/C16H24N2O2S/c1-3-17-13-14-6-7-15-8-10-18(16(15)12-14)9-5-11-21(19,20)4-2/h6-8,10,12,17H,3-5,9,11,13H2,1-2H3. The molecule has 116 valence electrons. The van der Waals surface area contributed by atoms with Crippen molar-refractivity contribution in [3.8, 4) is 0 Å². The van der Waals surface area contributed by atoms with Crippen LogP contribution in [-0.2, 0) is 22.9 Å². The van der Waals surface area contributed by atoms with E-state index in [1.54, 1.807) is 6.92 Å². The molecule has 1 N–H and O–H groups in total. The van der Waals surface area contributed by atoms with Gasteiger partial charge in [0.25, 0.3) is 0 Å². The van der Waals surface area contributed by atoms with Crippen molar-refractivity contribution in [1.82, 2.24) is 9.88 Å². The Kier molecular flexibility index (Phi) is 5.42. The zero-order chi connectivity index (χ0) is 15.3. The van der Waals surface area contributed by atoms with Crippen LogP contribution in [0.3, 0.4) is 0 Å². The summed E-state index contributed by atoms with van der Waals surface area (Å²) in [5.74, 6) is 0.493. The molecule has 2 aromatic rings. The van der Waals surface area contributed by atoms with E-state index in [2.05, 4.69) is 41.1 Å². The quantitative estimate of drug-likeness (QED) is 0.815. The first-order valence-electron chi connectivity index (χ1n) is 7.54. The fraction of sp³-hybridized carbons (Fsp3) is 0.500. The van der Waals surface area contributed by atoms with Gasteiger partial charge in [0.15, 0.2) is 0 Å². The Morgan fingerprint density at radius 1 is 1.19 bits per heavy atom. The maximum atomic E-state index is 11.5. The third kappa shape index (κ3) is 4.32. The van der Waals surface area contributed by atoms with E-state index in [-0.39, 0.29) is 11.5 Å². The summed E-state index contributed by atoms with van der Waals surface area (Å²) in [5.41, 5.74) is 2.43. The van der Waals surface area contributed by atoms with E-state index in [9.17, 15) is 8.42 Å². The van der Waals surface area contributed by atoms with Gasteiger partial charge in [-0.2, -0.15) is 0 Å². The van der Waals surface area contributed by atoms with E-state index in [1.807, 2.05) is 6.20 Å². The summed E-state index contributed by atoms with van der Waals surface area (Å²) in [7, 11) is -2.87. The fourth-order valence-corrected chi connectivity index (χ4v) is 3.26. The van der Waals surface area contributed by atoms with E-state index in [1.165, 1.54) is 16.5 Å². The molecule has 0 bridgehead atoms. The normalized spacial score (nSPS) is 12.1. The number of nitrogens with zero attached hydrogens (tertiary/aromatic N) is 1. The van der Waals surface area contributed by atoms with Gasteiger partial charge in [0.1, 0.15) is 9.84 Å². The number of sulfone groups is 1. The highest BCUT2D eigenvalue weighted by Crippen LogP contribution is 2.18. The Hall–Kier alpha value is -1.33. The van der Waals surface area contributed by atoms with E-state index >= 15 is 0 Å². The lowest BCUT2D eigenvalue weighted by Gasteiger charge is -2.08. The van der Waals surface area contributed by atoms with Crippen molar-refractivity contribution in [2.45, 2.75) is 33.4 Å². The average molecular weight is 308 g/mol. The Bertz CT molecular complexity index is 689. The lowest BCUT2D eigenvalue weighted by molar-refractivity contribution is 0.589. The minimum Gasteiger partial charge on any atom is -0.347 e.